The van der Waals surface area contributed by atoms with Crippen molar-refractivity contribution in [2.75, 3.05) is 0 Å². The second-order valence-corrected chi connectivity index (χ2v) is 5.58. The summed E-state index contributed by atoms with van der Waals surface area (Å²) in [7, 11) is 0. The number of hydrogen-bond donors (Lipinski definition) is 0. The van der Waals surface area contributed by atoms with Gasteiger partial charge in [-0.3, -0.25) is 0 Å². The fraction of sp³-hybridized carbons (Fsp3) is 0.923. The largest absolute Gasteiger partial charge is 0.431 e. The topological polar surface area (TPSA) is 54.0 Å². The number of carbonyl (C=O) groups is 1. The van der Waals surface area contributed by atoms with Crippen molar-refractivity contribution in [3.8, 4) is 0 Å². The monoisotopic (exact) mass is 256 g/mol. The van der Waals surface area contributed by atoms with Crippen LogP contribution in [-0.2, 0) is 23.7 Å². The lowest BCUT2D eigenvalue weighted by atomic mass is 9.94. The summed E-state index contributed by atoms with van der Waals surface area (Å²) in [6.07, 6.45) is 3.47. The predicted molar refractivity (Wildman–Crippen MR) is 61.7 cm³/mol. The number of rotatable bonds is 2. The van der Waals surface area contributed by atoms with Crippen LogP contribution in [0.25, 0.3) is 0 Å². The Balaban J connectivity index is 1.73. The number of cyclic esters (lactones) is 1. The molecule has 0 N–H and O–H groups in total. The van der Waals surface area contributed by atoms with Crippen LogP contribution >= 0.6 is 0 Å². The molecule has 2 heterocycles. The second kappa shape index (κ2) is 4.47. The molecule has 5 nitrogen and oxygen atoms in total. The molecule has 18 heavy (non-hydrogen) atoms. The van der Waals surface area contributed by atoms with E-state index >= 15 is 0 Å². The Hall–Kier alpha value is -0.650. The number of fused-ring (bicyclic) bond motifs is 1. The molecule has 102 valence electrons. The second-order valence-electron chi connectivity index (χ2n) is 5.58. The zero-order valence-corrected chi connectivity index (χ0v) is 10.9. The van der Waals surface area contributed by atoms with Crippen LogP contribution in [0.5, 0.6) is 0 Å². The summed E-state index contributed by atoms with van der Waals surface area (Å²) in [5.41, 5.74) is 0. The highest BCUT2D eigenvalue weighted by atomic mass is 16.8. The van der Waals surface area contributed by atoms with E-state index in [4.69, 9.17) is 18.9 Å². The summed E-state index contributed by atoms with van der Waals surface area (Å²) < 4.78 is 22.6. The summed E-state index contributed by atoms with van der Waals surface area (Å²) in [6.45, 7) is 3.82. The Labute approximate surface area is 107 Å². The lowest BCUT2D eigenvalue weighted by molar-refractivity contribution is -0.246. The Kier molecular flexibility index (Phi) is 3.08. The van der Waals surface area contributed by atoms with Gasteiger partial charge in [-0.05, 0) is 26.7 Å². The van der Waals surface area contributed by atoms with Crippen molar-refractivity contribution in [2.24, 2.45) is 0 Å². The van der Waals surface area contributed by atoms with Crippen molar-refractivity contribution >= 4 is 5.97 Å². The van der Waals surface area contributed by atoms with Crippen LogP contribution in [-0.4, -0.2) is 36.4 Å². The molecular formula is C13H20O5. The first-order valence-corrected chi connectivity index (χ1v) is 6.81. The molecular weight excluding hydrogens is 236 g/mol. The molecule has 2 saturated heterocycles. The summed E-state index contributed by atoms with van der Waals surface area (Å²) in [6, 6.07) is 0. The maximum atomic E-state index is 11.8. The maximum Gasteiger partial charge on any atom is 0.340 e. The van der Waals surface area contributed by atoms with Gasteiger partial charge in [-0.15, -0.1) is 0 Å². The van der Waals surface area contributed by atoms with Gasteiger partial charge in [-0.1, -0.05) is 6.42 Å². The summed E-state index contributed by atoms with van der Waals surface area (Å²) in [5.74, 6) is -0.917. The van der Waals surface area contributed by atoms with Crippen molar-refractivity contribution in [1.29, 1.82) is 0 Å². The molecule has 0 radical (unpaired) electrons. The van der Waals surface area contributed by atoms with Crippen molar-refractivity contribution in [3.63, 3.8) is 0 Å². The molecule has 5 heteroatoms. The van der Waals surface area contributed by atoms with Crippen LogP contribution in [0.1, 0.15) is 46.0 Å². The summed E-state index contributed by atoms with van der Waals surface area (Å²) in [4.78, 5) is 11.8. The fourth-order valence-corrected chi connectivity index (χ4v) is 2.96. The molecule has 0 aromatic rings. The number of ether oxygens (including phenoxy) is 4. The Morgan fingerprint density at radius 3 is 2.61 bits per heavy atom. The van der Waals surface area contributed by atoms with E-state index in [1.165, 1.54) is 6.42 Å². The highest BCUT2D eigenvalue weighted by Gasteiger charge is 2.59. The standard InChI is InChI=1S/C13H20O5/c1-8(2)15-12-10-9(11(14)16-12)17-13(18-10)6-4-3-5-7-13/h8-10,12H,3-7H2,1-2H3/t9-,10+,12?/m1/s1. The van der Waals surface area contributed by atoms with E-state index in [0.29, 0.717) is 0 Å². The Morgan fingerprint density at radius 1 is 1.22 bits per heavy atom. The molecule has 1 aliphatic carbocycles. The van der Waals surface area contributed by atoms with Crippen molar-refractivity contribution in [2.45, 2.75) is 76.3 Å². The van der Waals surface area contributed by atoms with Gasteiger partial charge in [-0.2, -0.15) is 0 Å². The summed E-state index contributed by atoms with van der Waals surface area (Å²) >= 11 is 0. The SMILES string of the molecule is CC(C)OC1OC(=O)[C@@H]2OC3(CCCCC3)O[C@H]12. The average Bonchev–Trinajstić information content (AvgIpc) is 2.79. The smallest absolute Gasteiger partial charge is 0.340 e. The van der Waals surface area contributed by atoms with Crippen LogP contribution in [0, 0.1) is 0 Å². The highest BCUT2D eigenvalue weighted by Crippen LogP contribution is 2.44. The van der Waals surface area contributed by atoms with Gasteiger partial charge < -0.3 is 18.9 Å². The lowest BCUT2D eigenvalue weighted by Gasteiger charge is -2.33. The molecule has 0 bridgehead atoms. The maximum absolute atomic E-state index is 11.8. The van der Waals surface area contributed by atoms with Gasteiger partial charge >= 0.3 is 5.97 Å². The van der Waals surface area contributed by atoms with E-state index < -0.39 is 24.3 Å². The van der Waals surface area contributed by atoms with Gasteiger partial charge in [0.25, 0.3) is 0 Å². The number of carbonyl (C=O) groups excluding carboxylic acids is 1. The van der Waals surface area contributed by atoms with Crippen LogP contribution in [0.4, 0.5) is 0 Å². The van der Waals surface area contributed by atoms with E-state index in [-0.39, 0.29) is 12.1 Å². The van der Waals surface area contributed by atoms with Gasteiger partial charge in [0.2, 0.25) is 6.29 Å². The normalized spacial score (nSPS) is 38.2. The summed E-state index contributed by atoms with van der Waals surface area (Å²) in [5, 5.41) is 0. The molecule has 0 aromatic carbocycles. The van der Waals surface area contributed by atoms with Gasteiger partial charge in [0, 0.05) is 12.8 Å². The molecule has 2 aliphatic heterocycles. The molecule has 0 amide bonds. The molecule has 0 aromatic heterocycles. The fourth-order valence-electron chi connectivity index (χ4n) is 2.96. The van der Waals surface area contributed by atoms with E-state index in [1.54, 1.807) is 0 Å². The zero-order valence-electron chi connectivity index (χ0n) is 10.9. The Morgan fingerprint density at radius 2 is 1.94 bits per heavy atom. The average molecular weight is 256 g/mol. The molecule has 1 unspecified atom stereocenters. The van der Waals surface area contributed by atoms with Gasteiger partial charge in [0.1, 0.15) is 0 Å². The van der Waals surface area contributed by atoms with Gasteiger partial charge in [0.05, 0.1) is 6.10 Å². The molecule has 3 aliphatic rings. The van der Waals surface area contributed by atoms with E-state index in [2.05, 4.69) is 0 Å². The van der Waals surface area contributed by atoms with E-state index in [0.717, 1.165) is 25.7 Å². The minimum atomic E-state index is -0.621. The van der Waals surface area contributed by atoms with Crippen LogP contribution in [0.15, 0.2) is 0 Å². The first-order chi connectivity index (χ1) is 8.60. The number of esters is 1. The molecule has 1 saturated carbocycles. The highest BCUT2D eigenvalue weighted by molar-refractivity contribution is 5.78. The molecule has 1 spiro atoms. The van der Waals surface area contributed by atoms with E-state index in [9.17, 15) is 4.79 Å². The minimum absolute atomic E-state index is 0.00643. The molecule has 3 fully saturated rings. The third-order valence-corrected chi connectivity index (χ3v) is 3.75. The van der Waals surface area contributed by atoms with Crippen LogP contribution < -0.4 is 0 Å². The van der Waals surface area contributed by atoms with Crippen molar-refractivity contribution < 1.29 is 23.7 Å². The van der Waals surface area contributed by atoms with Crippen molar-refractivity contribution in [1.82, 2.24) is 0 Å². The third kappa shape index (κ3) is 2.04. The predicted octanol–water partition coefficient (Wildman–Crippen LogP) is 1.74. The molecule has 3 rings (SSSR count). The van der Waals surface area contributed by atoms with E-state index in [1.807, 2.05) is 13.8 Å². The Bertz CT molecular complexity index is 334. The first-order valence-electron chi connectivity index (χ1n) is 6.81. The van der Waals surface area contributed by atoms with Gasteiger partial charge in [0.15, 0.2) is 18.0 Å². The van der Waals surface area contributed by atoms with Gasteiger partial charge in [-0.25, -0.2) is 4.79 Å². The quantitative estimate of drug-likeness (QED) is 0.704. The zero-order chi connectivity index (χ0) is 12.8. The van der Waals surface area contributed by atoms with Crippen LogP contribution in [0.2, 0.25) is 0 Å². The molecule has 3 atom stereocenters. The number of hydrogen-bond acceptors (Lipinski definition) is 5. The lowest BCUT2D eigenvalue weighted by Crippen LogP contribution is -2.37. The minimum Gasteiger partial charge on any atom is -0.431 e. The van der Waals surface area contributed by atoms with Crippen molar-refractivity contribution in [3.05, 3.63) is 0 Å². The third-order valence-electron chi connectivity index (χ3n) is 3.75. The first kappa shape index (κ1) is 12.4. The van der Waals surface area contributed by atoms with Crippen LogP contribution in [0.3, 0.4) is 0 Å².